The summed E-state index contributed by atoms with van der Waals surface area (Å²) in [4.78, 5) is 9.90. The summed E-state index contributed by atoms with van der Waals surface area (Å²) in [5.41, 5.74) is 2.86. The summed E-state index contributed by atoms with van der Waals surface area (Å²) in [5, 5.41) is 50.5. The minimum absolute atomic E-state index is 0.0685. The number of rotatable bonds is 7. The fourth-order valence-corrected chi connectivity index (χ4v) is 1.27. The van der Waals surface area contributed by atoms with Crippen molar-refractivity contribution in [1.82, 2.24) is 0 Å². The normalized spacial score (nSPS) is 15.8. The zero-order valence-corrected chi connectivity index (χ0v) is 10.3. The van der Waals surface area contributed by atoms with Gasteiger partial charge in [0.2, 0.25) is 0 Å². The smallest absolute Gasteiger partial charge is 0.269 e. The number of hydrazone groups is 1. The van der Waals surface area contributed by atoms with Gasteiger partial charge in [-0.2, -0.15) is 5.10 Å². The number of hydrogen-bond donors (Lipinski definition) is 5. The van der Waals surface area contributed by atoms with E-state index in [1.807, 2.05) is 0 Å². The Morgan fingerprint density at radius 3 is 2.40 bits per heavy atom. The second-order valence-corrected chi connectivity index (χ2v) is 3.93. The Labute approximate surface area is 114 Å². The highest BCUT2D eigenvalue weighted by atomic mass is 16.6. The minimum atomic E-state index is -1.57. The van der Waals surface area contributed by atoms with Crippen molar-refractivity contribution < 1.29 is 25.3 Å². The monoisotopic (exact) mass is 285 g/mol. The van der Waals surface area contributed by atoms with Crippen LogP contribution < -0.4 is 5.43 Å². The molecule has 20 heavy (non-hydrogen) atoms. The molecule has 9 nitrogen and oxygen atoms in total. The van der Waals surface area contributed by atoms with Crippen LogP contribution in [0.2, 0.25) is 0 Å². The summed E-state index contributed by atoms with van der Waals surface area (Å²) in [7, 11) is 0. The van der Waals surface area contributed by atoms with Crippen molar-refractivity contribution in [3.8, 4) is 0 Å². The molecule has 1 aromatic carbocycles. The Kier molecular flexibility index (Phi) is 6.00. The molecule has 3 unspecified atom stereocenters. The molecule has 0 saturated heterocycles. The number of nitro groups is 1. The van der Waals surface area contributed by atoms with Crippen LogP contribution >= 0.6 is 0 Å². The molecule has 0 saturated carbocycles. The van der Waals surface area contributed by atoms with Gasteiger partial charge in [0.1, 0.15) is 18.3 Å². The van der Waals surface area contributed by atoms with E-state index in [2.05, 4.69) is 10.5 Å². The van der Waals surface area contributed by atoms with Crippen molar-refractivity contribution in [2.45, 2.75) is 18.3 Å². The Morgan fingerprint density at radius 2 is 1.90 bits per heavy atom. The van der Waals surface area contributed by atoms with E-state index in [0.29, 0.717) is 5.69 Å². The largest absolute Gasteiger partial charge is 0.394 e. The maximum Gasteiger partial charge on any atom is 0.269 e. The number of anilines is 1. The molecule has 0 amide bonds. The van der Waals surface area contributed by atoms with Gasteiger partial charge in [-0.15, -0.1) is 0 Å². The first-order valence-electron chi connectivity index (χ1n) is 5.64. The average Bonchev–Trinajstić information content (AvgIpc) is 2.45. The molecular weight excluding hydrogens is 270 g/mol. The molecule has 3 atom stereocenters. The van der Waals surface area contributed by atoms with Crippen LogP contribution in [0.5, 0.6) is 0 Å². The van der Waals surface area contributed by atoms with E-state index in [0.717, 1.165) is 6.21 Å². The zero-order valence-electron chi connectivity index (χ0n) is 10.3. The highest BCUT2D eigenvalue weighted by Gasteiger charge is 2.22. The minimum Gasteiger partial charge on any atom is -0.394 e. The van der Waals surface area contributed by atoms with E-state index in [1.54, 1.807) is 0 Å². The van der Waals surface area contributed by atoms with Crippen molar-refractivity contribution in [3.63, 3.8) is 0 Å². The third-order valence-corrected chi connectivity index (χ3v) is 2.43. The Hall–Kier alpha value is -2.07. The van der Waals surface area contributed by atoms with Gasteiger partial charge in [-0.25, -0.2) is 0 Å². The molecule has 0 bridgehead atoms. The number of non-ortho nitro benzene ring substituents is 1. The van der Waals surface area contributed by atoms with Gasteiger partial charge in [-0.05, 0) is 12.1 Å². The summed E-state index contributed by atoms with van der Waals surface area (Å²) < 4.78 is 0. The first-order chi connectivity index (χ1) is 9.45. The van der Waals surface area contributed by atoms with Crippen LogP contribution in [0.4, 0.5) is 11.4 Å². The number of benzene rings is 1. The number of nitrogens with one attached hydrogen (secondary N) is 1. The van der Waals surface area contributed by atoms with Crippen molar-refractivity contribution in [1.29, 1.82) is 0 Å². The van der Waals surface area contributed by atoms with Gasteiger partial charge in [0.15, 0.2) is 0 Å². The average molecular weight is 285 g/mol. The maximum atomic E-state index is 10.4. The van der Waals surface area contributed by atoms with Crippen molar-refractivity contribution in [2.75, 3.05) is 12.0 Å². The molecular formula is C11H15N3O6. The summed E-state index contributed by atoms with van der Waals surface area (Å²) in [6.45, 7) is -0.693. The van der Waals surface area contributed by atoms with Crippen LogP contribution in [0.3, 0.4) is 0 Å². The summed E-state index contributed by atoms with van der Waals surface area (Å²) in [6, 6.07) is 5.39. The van der Waals surface area contributed by atoms with E-state index in [9.17, 15) is 20.3 Å². The lowest BCUT2D eigenvalue weighted by molar-refractivity contribution is -0.384. The highest BCUT2D eigenvalue weighted by Crippen LogP contribution is 2.15. The fraction of sp³-hybridized carbons (Fsp3) is 0.364. The van der Waals surface area contributed by atoms with Crippen LogP contribution in [-0.4, -0.2) is 56.5 Å². The third-order valence-electron chi connectivity index (χ3n) is 2.43. The first-order valence-corrected chi connectivity index (χ1v) is 5.64. The number of aliphatic hydroxyl groups excluding tert-OH is 4. The predicted octanol–water partition coefficient (Wildman–Crippen LogP) is -0.933. The first kappa shape index (κ1) is 16.0. The molecule has 110 valence electrons. The lowest BCUT2D eigenvalue weighted by Crippen LogP contribution is -2.40. The molecule has 0 radical (unpaired) electrons. The van der Waals surface area contributed by atoms with Gasteiger partial charge < -0.3 is 20.4 Å². The van der Waals surface area contributed by atoms with Crippen LogP contribution in [0.1, 0.15) is 0 Å². The molecule has 0 aliphatic carbocycles. The SMILES string of the molecule is O=[N+]([O-])c1ccc(NN=CC(O)C(O)C(O)CO)cc1. The number of hydrogen-bond acceptors (Lipinski definition) is 8. The van der Waals surface area contributed by atoms with Crippen molar-refractivity contribution in [3.05, 3.63) is 34.4 Å². The van der Waals surface area contributed by atoms with Gasteiger partial charge in [0.25, 0.3) is 5.69 Å². The standard InChI is InChI=1S/C11H15N3O6/c15-6-10(17)11(18)9(16)5-12-13-7-1-3-8(4-2-7)14(19)20/h1-5,9-11,13,15-18H,6H2. The molecule has 1 aromatic rings. The summed E-state index contributed by atoms with van der Waals surface area (Å²) in [6.07, 6.45) is -3.58. The molecule has 0 spiro atoms. The lowest BCUT2D eigenvalue weighted by Gasteiger charge is -2.18. The Bertz CT molecular complexity index is 464. The molecule has 0 aliphatic rings. The number of aliphatic hydroxyl groups is 4. The highest BCUT2D eigenvalue weighted by molar-refractivity contribution is 5.65. The zero-order chi connectivity index (χ0) is 15.1. The van der Waals surface area contributed by atoms with Crippen molar-refractivity contribution in [2.24, 2.45) is 5.10 Å². The topological polar surface area (TPSA) is 148 Å². The van der Waals surface area contributed by atoms with Crippen LogP contribution in [0.15, 0.2) is 29.4 Å². The fourth-order valence-electron chi connectivity index (χ4n) is 1.27. The van der Waals surface area contributed by atoms with E-state index in [1.165, 1.54) is 24.3 Å². The lowest BCUT2D eigenvalue weighted by atomic mass is 10.1. The van der Waals surface area contributed by atoms with Crippen LogP contribution in [0, 0.1) is 10.1 Å². The Morgan fingerprint density at radius 1 is 1.30 bits per heavy atom. The van der Waals surface area contributed by atoms with Gasteiger partial charge in [0.05, 0.1) is 23.4 Å². The number of nitro benzene ring substituents is 1. The van der Waals surface area contributed by atoms with Gasteiger partial charge in [-0.1, -0.05) is 0 Å². The number of nitrogens with zero attached hydrogens (tertiary/aromatic N) is 2. The van der Waals surface area contributed by atoms with Crippen LogP contribution in [-0.2, 0) is 0 Å². The van der Waals surface area contributed by atoms with E-state index < -0.39 is 29.8 Å². The summed E-state index contributed by atoms with van der Waals surface area (Å²) >= 11 is 0. The van der Waals surface area contributed by atoms with Gasteiger partial charge >= 0.3 is 0 Å². The maximum absolute atomic E-state index is 10.4. The third kappa shape index (κ3) is 4.55. The van der Waals surface area contributed by atoms with Crippen molar-refractivity contribution >= 4 is 17.6 Å². The van der Waals surface area contributed by atoms with Crippen LogP contribution in [0.25, 0.3) is 0 Å². The molecule has 5 N–H and O–H groups in total. The Balaban J connectivity index is 2.53. The molecule has 0 aromatic heterocycles. The molecule has 0 aliphatic heterocycles. The van der Waals surface area contributed by atoms with E-state index in [4.69, 9.17) is 10.2 Å². The molecule has 0 heterocycles. The molecule has 9 heteroatoms. The van der Waals surface area contributed by atoms with E-state index in [-0.39, 0.29) is 5.69 Å². The second-order valence-electron chi connectivity index (χ2n) is 3.93. The summed E-state index contributed by atoms with van der Waals surface area (Å²) in [5.74, 6) is 0. The van der Waals surface area contributed by atoms with Gasteiger partial charge in [0, 0.05) is 12.1 Å². The second kappa shape index (κ2) is 7.50. The molecule has 0 fully saturated rings. The molecule has 1 rings (SSSR count). The quantitative estimate of drug-likeness (QED) is 0.247. The predicted molar refractivity (Wildman–Crippen MR) is 70.3 cm³/mol. The van der Waals surface area contributed by atoms with Gasteiger partial charge in [-0.3, -0.25) is 15.5 Å². The van der Waals surface area contributed by atoms with E-state index >= 15 is 0 Å².